The molecule has 0 aliphatic rings. The van der Waals surface area contributed by atoms with E-state index < -0.39 is 12.5 Å². The molecular weight excluding hydrogens is 380 g/mol. The van der Waals surface area contributed by atoms with Gasteiger partial charge < -0.3 is 10.1 Å². The molecule has 0 unspecified atom stereocenters. The number of hydrogen-bond donors (Lipinski definition) is 1. The first-order valence-electron chi connectivity index (χ1n) is 9.21. The Morgan fingerprint density at radius 2 is 2.10 bits per heavy atom. The molecule has 0 bridgehead atoms. The Labute approximate surface area is 167 Å². The molecular formula is C20H23F2N5O2. The largest absolute Gasteiger partial charge is 0.471 e. The molecule has 0 spiro atoms. The molecule has 7 nitrogen and oxygen atoms in total. The fourth-order valence-corrected chi connectivity index (χ4v) is 2.68. The van der Waals surface area contributed by atoms with Crippen molar-refractivity contribution in [3.63, 3.8) is 0 Å². The molecule has 3 heterocycles. The standard InChI is InChI=1S/C20H23F2N5O2/c1-12(2)18(28)25-17-15-10-27(26-16(15)5-6-23-17)9-14-7-13(3)19(24-8-14)29-11-20(4,21)22/h5-8,10,12H,9,11H2,1-4H3,(H,23,25,28). The normalized spacial score (nSPS) is 11.8. The average Bonchev–Trinajstić information content (AvgIpc) is 3.03. The zero-order chi connectivity index (χ0) is 21.2. The first-order chi connectivity index (χ1) is 13.6. The highest BCUT2D eigenvalue weighted by atomic mass is 19.3. The Morgan fingerprint density at radius 1 is 1.34 bits per heavy atom. The van der Waals surface area contributed by atoms with Crippen molar-refractivity contribution in [3.8, 4) is 5.88 Å². The molecule has 1 amide bonds. The SMILES string of the molecule is Cc1cc(Cn2cc3c(NC(=O)C(C)C)nccc3n2)cnc1OCC(C)(F)F. The Kier molecular flexibility index (Phi) is 5.76. The molecule has 3 aromatic rings. The summed E-state index contributed by atoms with van der Waals surface area (Å²) in [5.74, 6) is -2.55. The number of alkyl halides is 2. The number of hydrogen-bond acceptors (Lipinski definition) is 5. The highest BCUT2D eigenvalue weighted by molar-refractivity contribution is 5.99. The molecule has 0 fully saturated rings. The van der Waals surface area contributed by atoms with Crippen molar-refractivity contribution in [2.24, 2.45) is 5.92 Å². The van der Waals surface area contributed by atoms with E-state index in [1.165, 1.54) is 0 Å². The van der Waals surface area contributed by atoms with E-state index in [4.69, 9.17) is 4.74 Å². The van der Waals surface area contributed by atoms with Crippen LogP contribution in [0.2, 0.25) is 0 Å². The summed E-state index contributed by atoms with van der Waals surface area (Å²) >= 11 is 0. The first-order valence-corrected chi connectivity index (χ1v) is 9.21. The summed E-state index contributed by atoms with van der Waals surface area (Å²) in [6.45, 7) is 5.87. The lowest BCUT2D eigenvalue weighted by Crippen LogP contribution is -2.21. The number of anilines is 1. The van der Waals surface area contributed by atoms with Gasteiger partial charge in [0.2, 0.25) is 11.8 Å². The number of rotatable bonds is 7. The van der Waals surface area contributed by atoms with Crippen LogP contribution in [0, 0.1) is 12.8 Å². The lowest BCUT2D eigenvalue weighted by atomic mass is 10.2. The minimum Gasteiger partial charge on any atom is -0.471 e. The maximum absolute atomic E-state index is 13.0. The van der Waals surface area contributed by atoms with Gasteiger partial charge in [0, 0.05) is 37.0 Å². The number of ether oxygens (including phenoxy) is 1. The van der Waals surface area contributed by atoms with Crippen LogP contribution >= 0.6 is 0 Å². The van der Waals surface area contributed by atoms with Gasteiger partial charge in [-0.15, -0.1) is 0 Å². The van der Waals surface area contributed by atoms with Gasteiger partial charge in [0.1, 0.15) is 5.82 Å². The van der Waals surface area contributed by atoms with Crippen LogP contribution in [0.5, 0.6) is 5.88 Å². The second kappa shape index (κ2) is 8.10. The molecule has 0 aliphatic heterocycles. The zero-order valence-electron chi connectivity index (χ0n) is 16.7. The van der Waals surface area contributed by atoms with E-state index in [0.29, 0.717) is 23.4 Å². The Balaban J connectivity index is 1.78. The molecule has 0 atom stereocenters. The first kappa shape index (κ1) is 20.6. The van der Waals surface area contributed by atoms with Crippen molar-refractivity contribution in [3.05, 3.63) is 41.9 Å². The number of nitrogens with zero attached hydrogens (tertiary/aromatic N) is 4. The van der Waals surface area contributed by atoms with Crippen LogP contribution in [0.4, 0.5) is 14.6 Å². The van der Waals surface area contributed by atoms with Crippen LogP contribution in [-0.2, 0) is 11.3 Å². The third-order valence-corrected chi connectivity index (χ3v) is 4.14. The Hall–Kier alpha value is -3.10. The Bertz CT molecular complexity index is 1030. The number of halogens is 2. The number of pyridine rings is 2. The van der Waals surface area contributed by atoms with Gasteiger partial charge in [-0.3, -0.25) is 9.48 Å². The summed E-state index contributed by atoms with van der Waals surface area (Å²) in [5.41, 5.74) is 2.20. The van der Waals surface area contributed by atoms with E-state index >= 15 is 0 Å². The van der Waals surface area contributed by atoms with Crippen molar-refractivity contribution in [2.75, 3.05) is 11.9 Å². The van der Waals surface area contributed by atoms with E-state index in [0.717, 1.165) is 17.9 Å². The van der Waals surface area contributed by atoms with Gasteiger partial charge in [-0.1, -0.05) is 13.8 Å². The monoisotopic (exact) mass is 403 g/mol. The van der Waals surface area contributed by atoms with Gasteiger partial charge in [-0.2, -0.15) is 5.10 Å². The summed E-state index contributed by atoms with van der Waals surface area (Å²) < 4.78 is 32.7. The molecule has 3 rings (SSSR count). The highest BCUT2D eigenvalue weighted by Crippen LogP contribution is 2.22. The molecule has 0 radical (unpaired) electrons. The van der Waals surface area contributed by atoms with E-state index in [9.17, 15) is 13.6 Å². The maximum atomic E-state index is 13.0. The van der Waals surface area contributed by atoms with Gasteiger partial charge >= 0.3 is 0 Å². The molecule has 0 aromatic carbocycles. The van der Waals surface area contributed by atoms with Crippen LogP contribution in [0.15, 0.2) is 30.7 Å². The van der Waals surface area contributed by atoms with Gasteiger partial charge in [-0.05, 0) is 24.6 Å². The fraction of sp³-hybridized carbons (Fsp3) is 0.400. The molecule has 0 aliphatic carbocycles. The summed E-state index contributed by atoms with van der Waals surface area (Å²) in [6.07, 6.45) is 4.97. The summed E-state index contributed by atoms with van der Waals surface area (Å²) in [5, 5.41) is 8.05. The third-order valence-electron chi connectivity index (χ3n) is 4.14. The second-order valence-corrected chi connectivity index (χ2v) is 7.39. The van der Waals surface area contributed by atoms with Crippen molar-refractivity contribution in [1.82, 2.24) is 19.7 Å². The summed E-state index contributed by atoms with van der Waals surface area (Å²) in [7, 11) is 0. The molecule has 154 valence electrons. The third kappa shape index (κ3) is 5.24. The number of nitrogens with one attached hydrogen (secondary N) is 1. The number of carbonyl (C=O) groups is 1. The Morgan fingerprint density at radius 3 is 2.76 bits per heavy atom. The molecule has 1 N–H and O–H groups in total. The molecule has 3 aromatic heterocycles. The van der Waals surface area contributed by atoms with Crippen molar-refractivity contribution in [1.29, 1.82) is 0 Å². The predicted molar refractivity (Wildman–Crippen MR) is 105 cm³/mol. The number of aromatic nitrogens is 4. The summed E-state index contributed by atoms with van der Waals surface area (Å²) in [4.78, 5) is 20.4. The van der Waals surface area contributed by atoms with Crippen molar-refractivity contribution >= 4 is 22.6 Å². The lowest BCUT2D eigenvalue weighted by molar-refractivity contribution is -0.118. The van der Waals surface area contributed by atoms with Crippen LogP contribution in [0.25, 0.3) is 10.9 Å². The number of fused-ring (bicyclic) bond motifs is 1. The van der Waals surface area contributed by atoms with Gasteiger partial charge in [0.25, 0.3) is 5.92 Å². The van der Waals surface area contributed by atoms with Gasteiger partial charge in [-0.25, -0.2) is 18.7 Å². The van der Waals surface area contributed by atoms with Crippen LogP contribution in [0.3, 0.4) is 0 Å². The molecule has 29 heavy (non-hydrogen) atoms. The van der Waals surface area contributed by atoms with E-state index in [-0.39, 0.29) is 17.7 Å². The highest BCUT2D eigenvalue weighted by Gasteiger charge is 2.22. The van der Waals surface area contributed by atoms with Crippen molar-refractivity contribution in [2.45, 2.75) is 40.2 Å². The molecule has 9 heteroatoms. The van der Waals surface area contributed by atoms with Gasteiger partial charge in [0.05, 0.1) is 17.4 Å². The van der Waals surface area contributed by atoms with Crippen LogP contribution in [0.1, 0.15) is 31.9 Å². The smallest absolute Gasteiger partial charge is 0.278 e. The van der Waals surface area contributed by atoms with Crippen LogP contribution < -0.4 is 10.1 Å². The fourth-order valence-electron chi connectivity index (χ4n) is 2.68. The van der Waals surface area contributed by atoms with E-state index in [1.54, 1.807) is 36.3 Å². The van der Waals surface area contributed by atoms with E-state index in [2.05, 4.69) is 20.4 Å². The topological polar surface area (TPSA) is 81.9 Å². The quantitative estimate of drug-likeness (QED) is 0.649. The second-order valence-electron chi connectivity index (χ2n) is 7.39. The van der Waals surface area contributed by atoms with Crippen molar-refractivity contribution < 1.29 is 18.3 Å². The zero-order valence-corrected chi connectivity index (χ0v) is 16.7. The minimum absolute atomic E-state index is 0.120. The molecule has 0 saturated heterocycles. The van der Waals surface area contributed by atoms with Crippen LogP contribution in [-0.4, -0.2) is 38.2 Å². The number of carbonyl (C=O) groups excluding carboxylic acids is 1. The number of aryl methyl sites for hydroxylation is 1. The maximum Gasteiger partial charge on any atom is 0.278 e. The average molecular weight is 403 g/mol. The summed E-state index contributed by atoms with van der Waals surface area (Å²) in [6, 6.07) is 3.59. The number of amides is 1. The molecule has 0 saturated carbocycles. The predicted octanol–water partition coefficient (Wildman–Crippen LogP) is 3.81. The van der Waals surface area contributed by atoms with Gasteiger partial charge in [0.15, 0.2) is 6.61 Å². The van der Waals surface area contributed by atoms with E-state index in [1.807, 2.05) is 19.9 Å². The lowest BCUT2D eigenvalue weighted by Gasteiger charge is -2.13. The minimum atomic E-state index is -2.92.